The van der Waals surface area contributed by atoms with Crippen molar-refractivity contribution in [2.75, 3.05) is 43.1 Å². The predicted octanol–water partition coefficient (Wildman–Crippen LogP) is 1.84. The zero-order valence-corrected chi connectivity index (χ0v) is 12.2. The molecule has 2 N–H and O–H groups in total. The van der Waals surface area contributed by atoms with E-state index in [4.69, 9.17) is 4.74 Å². The van der Waals surface area contributed by atoms with Crippen molar-refractivity contribution in [1.29, 1.82) is 0 Å². The molecule has 0 spiro atoms. The van der Waals surface area contributed by atoms with Crippen LogP contribution in [-0.2, 0) is 4.74 Å². The third-order valence-electron chi connectivity index (χ3n) is 4.02. The van der Waals surface area contributed by atoms with Gasteiger partial charge in [-0.3, -0.25) is 0 Å². The third-order valence-corrected chi connectivity index (χ3v) is 4.02. The first kappa shape index (κ1) is 14.1. The van der Waals surface area contributed by atoms with Crippen molar-refractivity contribution >= 4 is 17.5 Å². The maximum Gasteiger partial charge on any atom is 0.319 e. The second kappa shape index (κ2) is 6.76. The van der Waals surface area contributed by atoms with Gasteiger partial charge in [0, 0.05) is 38.4 Å². The van der Waals surface area contributed by atoms with Crippen molar-refractivity contribution in [2.24, 2.45) is 5.92 Å². The standard InChI is InChI=1S/C15H22N4O2/c20-15(17-10-12-5-9-21-11-12)18-13-4-3-6-16-14(13)19-7-1-2-8-19/h3-4,6,12H,1-2,5,7-11H2,(H2,17,18,20). The van der Waals surface area contributed by atoms with E-state index in [1.54, 1.807) is 6.20 Å². The van der Waals surface area contributed by atoms with Gasteiger partial charge in [-0.05, 0) is 31.4 Å². The van der Waals surface area contributed by atoms with Gasteiger partial charge < -0.3 is 20.3 Å². The molecule has 0 bridgehead atoms. The number of pyridine rings is 1. The molecule has 2 saturated heterocycles. The molecule has 0 aliphatic carbocycles. The molecule has 0 saturated carbocycles. The van der Waals surface area contributed by atoms with Crippen LogP contribution in [0.2, 0.25) is 0 Å². The van der Waals surface area contributed by atoms with Gasteiger partial charge in [-0.25, -0.2) is 9.78 Å². The number of carbonyl (C=O) groups is 1. The normalized spacial score (nSPS) is 21.5. The minimum atomic E-state index is -0.171. The van der Waals surface area contributed by atoms with Gasteiger partial charge in [0.15, 0.2) is 5.82 Å². The number of amides is 2. The van der Waals surface area contributed by atoms with Gasteiger partial charge in [0.25, 0.3) is 0 Å². The maximum absolute atomic E-state index is 12.0. The minimum Gasteiger partial charge on any atom is -0.381 e. The molecule has 2 aliphatic heterocycles. The largest absolute Gasteiger partial charge is 0.381 e. The van der Waals surface area contributed by atoms with Crippen molar-refractivity contribution in [1.82, 2.24) is 10.3 Å². The summed E-state index contributed by atoms with van der Waals surface area (Å²) in [5, 5.41) is 5.83. The highest BCUT2D eigenvalue weighted by atomic mass is 16.5. The Bertz CT molecular complexity index is 482. The van der Waals surface area contributed by atoms with Crippen LogP contribution in [0.4, 0.5) is 16.3 Å². The van der Waals surface area contributed by atoms with Crippen LogP contribution in [0.25, 0.3) is 0 Å². The number of hydrogen-bond donors (Lipinski definition) is 2. The lowest BCUT2D eigenvalue weighted by Gasteiger charge is -2.20. The van der Waals surface area contributed by atoms with E-state index in [1.165, 1.54) is 12.8 Å². The molecule has 2 fully saturated rings. The lowest BCUT2D eigenvalue weighted by Crippen LogP contribution is -2.34. The van der Waals surface area contributed by atoms with Gasteiger partial charge in [0.1, 0.15) is 0 Å². The average molecular weight is 290 g/mol. The summed E-state index contributed by atoms with van der Waals surface area (Å²) < 4.78 is 5.31. The third kappa shape index (κ3) is 3.64. The average Bonchev–Trinajstić information content (AvgIpc) is 3.19. The molecule has 3 heterocycles. The van der Waals surface area contributed by atoms with Crippen LogP contribution in [0.1, 0.15) is 19.3 Å². The Kier molecular flexibility index (Phi) is 4.55. The first-order valence-electron chi connectivity index (χ1n) is 7.65. The molecule has 21 heavy (non-hydrogen) atoms. The molecule has 6 nitrogen and oxygen atoms in total. The minimum absolute atomic E-state index is 0.171. The van der Waals surface area contributed by atoms with Gasteiger partial charge in [-0.1, -0.05) is 0 Å². The SMILES string of the molecule is O=C(NCC1CCOC1)Nc1cccnc1N1CCCC1. The number of ether oxygens (including phenoxy) is 1. The highest BCUT2D eigenvalue weighted by Crippen LogP contribution is 2.25. The topological polar surface area (TPSA) is 66.5 Å². The smallest absolute Gasteiger partial charge is 0.319 e. The van der Waals surface area contributed by atoms with Crippen LogP contribution >= 0.6 is 0 Å². The van der Waals surface area contributed by atoms with E-state index in [1.807, 2.05) is 12.1 Å². The first-order chi connectivity index (χ1) is 10.3. The van der Waals surface area contributed by atoms with Crippen LogP contribution < -0.4 is 15.5 Å². The molecule has 1 unspecified atom stereocenters. The van der Waals surface area contributed by atoms with Crippen LogP contribution in [0, 0.1) is 5.92 Å². The molecule has 2 aliphatic rings. The van der Waals surface area contributed by atoms with E-state index < -0.39 is 0 Å². The number of nitrogens with zero attached hydrogens (tertiary/aromatic N) is 2. The Balaban J connectivity index is 1.57. The fraction of sp³-hybridized carbons (Fsp3) is 0.600. The lowest BCUT2D eigenvalue weighted by molar-refractivity contribution is 0.185. The number of anilines is 2. The summed E-state index contributed by atoms with van der Waals surface area (Å²) in [6, 6.07) is 3.58. The Hall–Kier alpha value is -1.82. The lowest BCUT2D eigenvalue weighted by atomic mass is 10.1. The second-order valence-electron chi connectivity index (χ2n) is 5.63. The summed E-state index contributed by atoms with van der Waals surface area (Å²) in [6.45, 7) is 4.21. The van der Waals surface area contributed by atoms with Crippen molar-refractivity contribution in [3.05, 3.63) is 18.3 Å². The quantitative estimate of drug-likeness (QED) is 0.888. The fourth-order valence-corrected chi connectivity index (χ4v) is 2.82. The van der Waals surface area contributed by atoms with Crippen LogP contribution in [0.15, 0.2) is 18.3 Å². The summed E-state index contributed by atoms with van der Waals surface area (Å²) in [6.07, 6.45) is 5.16. The number of urea groups is 1. The summed E-state index contributed by atoms with van der Waals surface area (Å²) in [7, 11) is 0. The Morgan fingerprint density at radius 1 is 1.43 bits per heavy atom. The first-order valence-corrected chi connectivity index (χ1v) is 7.65. The van der Waals surface area contributed by atoms with Gasteiger partial charge in [0.05, 0.1) is 12.3 Å². The number of aromatic nitrogens is 1. The number of hydrogen-bond acceptors (Lipinski definition) is 4. The zero-order valence-electron chi connectivity index (χ0n) is 12.2. The number of rotatable bonds is 4. The van der Waals surface area contributed by atoms with E-state index in [2.05, 4.69) is 20.5 Å². The van der Waals surface area contributed by atoms with Crippen molar-refractivity contribution < 1.29 is 9.53 Å². The molecule has 0 radical (unpaired) electrons. The molecule has 3 rings (SSSR count). The van der Waals surface area contributed by atoms with E-state index >= 15 is 0 Å². The number of nitrogens with one attached hydrogen (secondary N) is 2. The van der Waals surface area contributed by atoms with Gasteiger partial charge in [-0.2, -0.15) is 0 Å². The van der Waals surface area contributed by atoms with Gasteiger partial charge in [0.2, 0.25) is 0 Å². The fourth-order valence-electron chi connectivity index (χ4n) is 2.82. The van der Waals surface area contributed by atoms with Gasteiger partial charge >= 0.3 is 6.03 Å². The van der Waals surface area contributed by atoms with Gasteiger partial charge in [-0.15, -0.1) is 0 Å². The Morgan fingerprint density at radius 3 is 3.05 bits per heavy atom. The van der Waals surface area contributed by atoms with E-state index in [-0.39, 0.29) is 6.03 Å². The number of carbonyl (C=O) groups excluding carboxylic acids is 1. The summed E-state index contributed by atoms with van der Waals surface area (Å²) in [4.78, 5) is 18.7. The molecular formula is C15H22N4O2. The highest BCUT2D eigenvalue weighted by Gasteiger charge is 2.19. The monoisotopic (exact) mass is 290 g/mol. The van der Waals surface area contributed by atoms with Crippen LogP contribution in [-0.4, -0.2) is 43.9 Å². The van der Waals surface area contributed by atoms with Crippen LogP contribution in [0.3, 0.4) is 0 Å². The van der Waals surface area contributed by atoms with E-state index in [0.29, 0.717) is 12.5 Å². The molecule has 1 aromatic heterocycles. The van der Waals surface area contributed by atoms with Crippen molar-refractivity contribution in [3.8, 4) is 0 Å². The molecule has 1 atom stereocenters. The summed E-state index contributed by atoms with van der Waals surface area (Å²) in [5.74, 6) is 1.30. The molecular weight excluding hydrogens is 268 g/mol. The molecule has 1 aromatic rings. The highest BCUT2D eigenvalue weighted by molar-refractivity contribution is 5.92. The molecule has 2 amide bonds. The predicted molar refractivity (Wildman–Crippen MR) is 81.6 cm³/mol. The van der Waals surface area contributed by atoms with Crippen molar-refractivity contribution in [2.45, 2.75) is 19.3 Å². The Labute approximate surface area is 124 Å². The molecule has 6 heteroatoms. The molecule has 114 valence electrons. The summed E-state index contributed by atoms with van der Waals surface area (Å²) in [5.41, 5.74) is 0.777. The zero-order chi connectivity index (χ0) is 14.5. The van der Waals surface area contributed by atoms with E-state index in [0.717, 1.165) is 44.2 Å². The van der Waals surface area contributed by atoms with Crippen molar-refractivity contribution in [3.63, 3.8) is 0 Å². The maximum atomic E-state index is 12.0. The molecule has 0 aromatic carbocycles. The second-order valence-corrected chi connectivity index (χ2v) is 5.63. The Morgan fingerprint density at radius 2 is 2.29 bits per heavy atom. The van der Waals surface area contributed by atoms with Crippen LogP contribution in [0.5, 0.6) is 0 Å². The van der Waals surface area contributed by atoms with E-state index in [9.17, 15) is 4.79 Å². The summed E-state index contributed by atoms with van der Waals surface area (Å²) >= 11 is 0.